The molecule has 86 valence electrons. The molecule has 0 fully saturated rings. The SMILES string of the molecule is CC[C@@H](COC)N[C@@H](C)c1ccc(Br)s1. The van der Waals surface area contributed by atoms with E-state index in [1.165, 1.54) is 8.66 Å². The van der Waals surface area contributed by atoms with Crippen molar-refractivity contribution in [2.75, 3.05) is 13.7 Å². The predicted octanol–water partition coefficient (Wildman–Crippen LogP) is 3.59. The Balaban J connectivity index is 2.50. The van der Waals surface area contributed by atoms with Crippen molar-refractivity contribution in [3.8, 4) is 0 Å². The summed E-state index contributed by atoms with van der Waals surface area (Å²) in [6.45, 7) is 5.14. The van der Waals surface area contributed by atoms with Gasteiger partial charge in [0.1, 0.15) is 0 Å². The van der Waals surface area contributed by atoms with Crippen LogP contribution in [0.5, 0.6) is 0 Å². The number of hydrogen-bond donors (Lipinski definition) is 1. The maximum atomic E-state index is 5.17. The van der Waals surface area contributed by atoms with E-state index in [1.807, 2.05) is 0 Å². The molecule has 0 saturated carbocycles. The largest absolute Gasteiger partial charge is 0.383 e. The Kier molecular flexibility index (Phi) is 5.82. The van der Waals surface area contributed by atoms with Crippen LogP contribution in [0.2, 0.25) is 0 Å². The second kappa shape index (κ2) is 6.63. The molecule has 0 aliphatic carbocycles. The number of methoxy groups -OCH3 is 1. The fourth-order valence-corrected chi connectivity index (χ4v) is 2.92. The molecule has 1 N–H and O–H groups in total. The molecule has 1 aromatic heterocycles. The molecule has 2 nitrogen and oxygen atoms in total. The van der Waals surface area contributed by atoms with Gasteiger partial charge in [-0.05, 0) is 41.4 Å². The standard InChI is InChI=1S/C11H18BrNOS/c1-4-9(7-14-3)13-8(2)10-5-6-11(12)15-10/h5-6,8-9,13H,4,7H2,1-3H3/t8-,9-/m0/s1. The number of hydrogen-bond acceptors (Lipinski definition) is 3. The second-order valence-electron chi connectivity index (χ2n) is 3.59. The molecule has 1 aromatic rings. The first kappa shape index (κ1) is 13.2. The molecular formula is C11H18BrNOS. The molecule has 2 atom stereocenters. The van der Waals surface area contributed by atoms with Gasteiger partial charge in [-0.15, -0.1) is 11.3 Å². The maximum Gasteiger partial charge on any atom is 0.0701 e. The van der Waals surface area contributed by atoms with Crippen molar-refractivity contribution >= 4 is 27.3 Å². The van der Waals surface area contributed by atoms with Gasteiger partial charge >= 0.3 is 0 Å². The second-order valence-corrected chi connectivity index (χ2v) is 6.09. The van der Waals surface area contributed by atoms with E-state index in [9.17, 15) is 0 Å². The van der Waals surface area contributed by atoms with E-state index in [2.05, 4.69) is 47.2 Å². The zero-order valence-corrected chi connectivity index (χ0v) is 11.8. The molecule has 0 aromatic carbocycles. The monoisotopic (exact) mass is 291 g/mol. The highest BCUT2D eigenvalue weighted by molar-refractivity contribution is 9.11. The summed E-state index contributed by atoms with van der Waals surface area (Å²) in [6, 6.07) is 5.08. The van der Waals surface area contributed by atoms with Crippen LogP contribution in [0.25, 0.3) is 0 Å². The van der Waals surface area contributed by atoms with Gasteiger partial charge in [-0.25, -0.2) is 0 Å². The van der Waals surface area contributed by atoms with Crippen molar-refractivity contribution in [2.45, 2.75) is 32.4 Å². The van der Waals surface area contributed by atoms with Crippen LogP contribution in [-0.4, -0.2) is 19.8 Å². The van der Waals surface area contributed by atoms with E-state index in [0.717, 1.165) is 13.0 Å². The summed E-state index contributed by atoms with van der Waals surface area (Å²) >= 11 is 5.26. The normalized spacial score (nSPS) is 15.2. The lowest BCUT2D eigenvalue weighted by Gasteiger charge is -2.20. The molecule has 1 rings (SSSR count). The molecule has 0 saturated heterocycles. The number of ether oxygens (including phenoxy) is 1. The van der Waals surface area contributed by atoms with Crippen LogP contribution in [0.3, 0.4) is 0 Å². The van der Waals surface area contributed by atoms with Gasteiger partial charge in [0.15, 0.2) is 0 Å². The number of thiophene rings is 1. The van der Waals surface area contributed by atoms with Crippen molar-refractivity contribution in [2.24, 2.45) is 0 Å². The van der Waals surface area contributed by atoms with E-state index in [-0.39, 0.29) is 0 Å². The minimum atomic E-state index is 0.390. The Morgan fingerprint density at radius 1 is 1.53 bits per heavy atom. The Labute approximate surface area is 104 Å². The minimum Gasteiger partial charge on any atom is -0.383 e. The van der Waals surface area contributed by atoms with Crippen molar-refractivity contribution in [1.82, 2.24) is 5.32 Å². The highest BCUT2D eigenvalue weighted by Gasteiger charge is 2.12. The topological polar surface area (TPSA) is 21.3 Å². The molecule has 0 bridgehead atoms. The summed E-state index contributed by atoms with van der Waals surface area (Å²) in [7, 11) is 1.75. The summed E-state index contributed by atoms with van der Waals surface area (Å²) in [4.78, 5) is 1.36. The number of halogens is 1. The van der Waals surface area contributed by atoms with Gasteiger partial charge < -0.3 is 10.1 Å². The first-order valence-electron chi connectivity index (χ1n) is 5.17. The lowest BCUT2D eigenvalue weighted by atomic mass is 10.2. The van der Waals surface area contributed by atoms with Gasteiger partial charge in [-0.1, -0.05) is 6.92 Å². The third-order valence-electron chi connectivity index (χ3n) is 2.37. The lowest BCUT2D eigenvalue weighted by Crippen LogP contribution is -2.34. The van der Waals surface area contributed by atoms with E-state index in [0.29, 0.717) is 12.1 Å². The average molecular weight is 292 g/mol. The molecule has 1 heterocycles. The molecule has 0 aliphatic heterocycles. The first-order valence-corrected chi connectivity index (χ1v) is 6.78. The number of rotatable bonds is 6. The summed E-state index contributed by atoms with van der Waals surface area (Å²) in [5.41, 5.74) is 0. The summed E-state index contributed by atoms with van der Waals surface area (Å²) in [5.74, 6) is 0. The molecule has 4 heteroatoms. The Morgan fingerprint density at radius 2 is 2.27 bits per heavy atom. The molecule has 0 radical (unpaired) electrons. The fourth-order valence-electron chi connectivity index (χ4n) is 1.48. The Bertz CT molecular complexity index is 290. The summed E-state index contributed by atoms with van der Waals surface area (Å²) in [5, 5.41) is 3.56. The van der Waals surface area contributed by atoms with Crippen LogP contribution in [0, 0.1) is 0 Å². The van der Waals surface area contributed by atoms with Crippen LogP contribution in [0.1, 0.15) is 31.2 Å². The smallest absolute Gasteiger partial charge is 0.0701 e. The lowest BCUT2D eigenvalue weighted by molar-refractivity contribution is 0.160. The summed E-state index contributed by atoms with van der Waals surface area (Å²) in [6.07, 6.45) is 1.09. The molecular weight excluding hydrogens is 274 g/mol. The fraction of sp³-hybridized carbons (Fsp3) is 0.636. The third-order valence-corrected chi connectivity index (χ3v) is 4.17. The number of nitrogens with one attached hydrogen (secondary N) is 1. The van der Waals surface area contributed by atoms with Crippen LogP contribution in [0.4, 0.5) is 0 Å². The Hall–Kier alpha value is 0.1000. The molecule has 0 aliphatic rings. The van der Waals surface area contributed by atoms with Gasteiger partial charge in [0.25, 0.3) is 0 Å². The minimum absolute atomic E-state index is 0.390. The highest BCUT2D eigenvalue weighted by Crippen LogP contribution is 2.27. The van der Waals surface area contributed by atoms with Crippen LogP contribution in [0.15, 0.2) is 15.9 Å². The molecule has 0 amide bonds. The van der Waals surface area contributed by atoms with Gasteiger partial charge in [0.05, 0.1) is 10.4 Å². The van der Waals surface area contributed by atoms with Crippen molar-refractivity contribution in [3.63, 3.8) is 0 Å². The molecule has 0 unspecified atom stereocenters. The van der Waals surface area contributed by atoms with Crippen LogP contribution < -0.4 is 5.32 Å². The summed E-state index contributed by atoms with van der Waals surface area (Å²) < 4.78 is 6.35. The average Bonchev–Trinajstić information content (AvgIpc) is 2.64. The van der Waals surface area contributed by atoms with Crippen molar-refractivity contribution in [1.29, 1.82) is 0 Å². The van der Waals surface area contributed by atoms with Gasteiger partial charge in [-0.2, -0.15) is 0 Å². The quantitative estimate of drug-likeness (QED) is 0.865. The van der Waals surface area contributed by atoms with E-state index >= 15 is 0 Å². The Morgan fingerprint density at radius 3 is 2.73 bits per heavy atom. The van der Waals surface area contributed by atoms with Gasteiger partial charge in [0, 0.05) is 24.1 Å². The van der Waals surface area contributed by atoms with Crippen LogP contribution >= 0.6 is 27.3 Å². The van der Waals surface area contributed by atoms with Gasteiger partial charge in [0.2, 0.25) is 0 Å². The van der Waals surface area contributed by atoms with Crippen molar-refractivity contribution < 1.29 is 4.74 Å². The van der Waals surface area contributed by atoms with Gasteiger partial charge in [-0.3, -0.25) is 0 Å². The predicted molar refractivity (Wildman–Crippen MR) is 69.5 cm³/mol. The highest BCUT2D eigenvalue weighted by atomic mass is 79.9. The van der Waals surface area contributed by atoms with E-state index in [1.54, 1.807) is 18.4 Å². The maximum absolute atomic E-state index is 5.17. The van der Waals surface area contributed by atoms with Crippen LogP contribution in [-0.2, 0) is 4.74 Å². The van der Waals surface area contributed by atoms with E-state index < -0.39 is 0 Å². The zero-order chi connectivity index (χ0) is 11.3. The molecule has 15 heavy (non-hydrogen) atoms. The molecule has 0 spiro atoms. The van der Waals surface area contributed by atoms with E-state index in [4.69, 9.17) is 4.74 Å². The third kappa shape index (κ3) is 4.23. The zero-order valence-electron chi connectivity index (χ0n) is 9.42. The van der Waals surface area contributed by atoms with Crippen molar-refractivity contribution in [3.05, 3.63) is 20.8 Å². The first-order chi connectivity index (χ1) is 7.17.